The lowest BCUT2D eigenvalue weighted by molar-refractivity contribution is -0.124. The van der Waals surface area contributed by atoms with Crippen LogP contribution in [0.4, 0.5) is 0 Å². The van der Waals surface area contributed by atoms with Crippen LogP contribution in [0.15, 0.2) is 42.5 Å². The van der Waals surface area contributed by atoms with Gasteiger partial charge in [-0.2, -0.15) is 0 Å². The minimum Gasteiger partial charge on any atom is -0.483 e. The molecular weight excluding hydrogens is 262 g/mol. The second-order valence-corrected chi connectivity index (χ2v) is 5.67. The minimum absolute atomic E-state index is 0.0187. The zero-order valence-electron chi connectivity index (χ0n) is 12.2. The molecule has 2 aromatic carbocycles. The smallest absolute Gasteiger partial charge is 0.258 e. The third kappa shape index (κ3) is 3.54. The molecule has 3 nitrogen and oxygen atoms in total. The molecule has 0 unspecified atom stereocenters. The van der Waals surface area contributed by atoms with Gasteiger partial charge in [0.1, 0.15) is 5.75 Å². The van der Waals surface area contributed by atoms with Crippen molar-refractivity contribution in [1.29, 1.82) is 0 Å². The Kier molecular flexibility index (Phi) is 4.39. The summed E-state index contributed by atoms with van der Waals surface area (Å²) in [5.41, 5.74) is 0. The number of benzene rings is 2. The molecule has 1 fully saturated rings. The van der Waals surface area contributed by atoms with E-state index in [-0.39, 0.29) is 12.5 Å². The van der Waals surface area contributed by atoms with E-state index in [1.807, 2.05) is 42.5 Å². The van der Waals surface area contributed by atoms with Gasteiger partial charge in [-0.15, -0.1) is 0 Å². The Morgan fingerprint density at radius 1 is 1.05 bits per heavy atom. The van der Waals surface area contributed by atoms with Crippen LogP contribution in [0.5, 0.6) is 5.75 Å². The van der Waals surface area contributed by atoms with Gasteiger partial charge in [-0.25, -0.2) is 0 Å². The van der Waals surface area contributed by atoms with Crippen molar-refractivity contribution in [3.8, 4) is 5.75 Å². The van der Waals surface area contributed by atoms with Crippen LogP contribution < -0.4 is 10.1 Å². The van der Waals surface area contributed by atoms with Crippen LogP contribution in [0.1, 0.15) is 32.1 Å². The lowest BCUT2D eigenvalue weighted by atomic mass is 9.95. The lowest BCUT2D eigenvalue weighted by Gasteiger charge is -2.22. The fourth-order valence-electron chi connectivity index (χ4n) is 2.98. The third-order valence-corrected chi connectivity index (χ3v) is 4.08. The SMILES string of the molecule is O=C(COc1cccc2ccccc12)NC1CCCCC1. The Hall–Kier alpha value is -2.03. The van der Waals surface area contributed by atoms with E-state index in [1.165, 1.54) is 19.3 Å². The molecule has 1 saturated carbocycles. The van der Waals surface area contributed by atoms with E-state index in [0.29, 0.717) is 6.04 Å². The lowest BCUT2D eigenvalue weighted by Crippen LogP contribution is -2.38. The highest BCUT2D eigenvalue weighted by atomic mass is 16.5. The van der Waals surface area contributed by atoms with Crippen molar-refractivity contribution in [3.05, 3.63) is 42.5 Å². The van der Waals surface area contributed by atoms with Crippen molar-refractivity contribution in [2.75, 3.05) is 6.61 Å². The highest BCUT2D eigenvalue weighted by Crippen LogP contribution is 2.25. The number of nitrogens with one attached hydrogen (secondary N) is 1. The zero-order chi connectivity index (χ0) is 14.5. The minimum atomic E-state index is -0.0187. The number of hydrogen-bond donors (Lipinski definition) is 1. The van der Waals surface area contributed by atoms with Crippen molar-refractivity contribution >= 4 is 16.7 Å². The summed E-state index contributed by atoms with van der Waals surface area (Å²) in [4.78, 5) is 12.0. The molecule has 1 N–H and O–H groups in total. The first-order chi connectivity index (χ1) is 10.3. The summed E-state index contributed by atoms with van der Waals surface area (Å²) in [5.74, 6) is 0.752. The molecule has 3 heteroatoms. The fourth-order valence-corrected chi connectivity index (χ4v) is 2.98. The van der Waals surface area contributed by atoms with Gasteiger partial charge < -0.3 is 10.1 Å². The summed E-state index contributed by atoms with van der Waals surface area (Å²) in [6.07, 6.45) is 5.92. The Bertz CT molecular complexity index is 612. The Morgan fingerprint density at radius 2 is 1.81 bits per heavy atom. The van der Waals surface area contributed by atoms with Crippen molar-refractivity contribution < 1.29 is 9.53 Å². The highest BCUT2D eigenvalue weighted by molar-refractivity contribution is 5.88. The van der Waals surface area contributed by atoms with Crippen LogP contribution in [0.25, 0.3) is 10.8 Å². The standard InChI is InChI=1S/C18H21NO2/c20-18(19-15-9-2-1-3-10-15)13-21-17-12-6-8-14-7-4-5-11-16(14)17/h4-8,11-12,15H,1-3,9-10,13H2,(H,19,20). The largest absolute Gasteiger partial charge is 0.483 e. The monoisotopic (exact) mass is 283 g/mol. The maximum Gasteiger partial charge on any atom is 0.258 e. The van der Waals surface area contributed by atoms with Gasteiger partial charge in [-0.1, -0.05) is 55.7 Å². The van der Waals surface area contributed by atoms with E-state index in [9.17, 15) is 4.79 Å². The molecule has 0 radical (unpaired) electrons. The Morgan fingerprint density at radius 3 is 2.67 bits per heavy atom. The van der Waals surface area contributed by atoms with Crippen LogP contribution in [-0.2, 0) is 4.79 Å². The van der Waals surface area contributed by atoms with Gasteiger partial charge >= 0.3 is 0 Å². The Balaban J connectivity index is 1.59. The van der Waals surface area contributed by atoms with E-state index >= 15 is 0 Å². The zero-order valence-corrected chi connectivity index (χ0v) is 12.2. The maximum absolute atomic E-state index is 12.0. The number of hydrogen-bond acceptors (Lipinski definition) is 2. The molecule has 0 heterocycles. The molecular formula is C18H21NO2. The summed E-state index contributed by atoms with van der Waals surface area (Å²) >= 11 is 0. The van der Waals surface area contributed by atoms with E-state index in [4.69, 9.17) is 4.74 Å². The van der Waals surface area contributed by atoms with Crippen LogP contribution in [0.3, 0.4) is 0 Å². The van der Waals surface area contributed by atoms with E-state index in [1.54, 1.807) is 0 Å². The van der Waals surface area contributed by atoms with Crippen molar-refractivity contribution in [2.24, 2.45) is 0 Å². The summed E-state index contributed by atoms with van der Waals surface area (Å²) in [6.45, 7) is 0.0878. The van der Waals surface area contributed by atoms with E-state index < -0.39 is 0 Å². The molecule has 0 aromatic heterocycles. The van der Waals surface area contributed by atoms with Crippen molar-refractivity contribution in [2.45, 2.75) is 38.1 Å². The number of rotatable bonds is 4. The van der Waals surface area contributed by atoms with Crippen molar-refractivity contribution in [1.82, 2.24) is 5.32 Å². The topological polar surface area (TPSA) is 38.3 Å². The van der Waals surface area contributed by atoms with Crippen LogP contribution in [-0.4, -0.2) is 18.6 Å². The van der Waals surface area contributed by atoms with Gasteiger partial charge in [0.25, 0.3) is 5.91 Å². The average molecular weight is 283 g/mol. The number of fused-ring (bicyclic) bond motifs is 1. The molecule has 0 atom stereocenters. The summed E-state index contributed by atoms with van der Waals surface area (Å²) < 4.78 is 5.71. The highest BCUT2D eigenvalue weighted by Gasteiger charge is 2.16. The van der Waals surface area contributed by atoms with Gasteiger partial charge in [0, 0.05) is 11.4 Å². The number of amides is 1. The molecule has 1 amide bonds. The molecule has 0 saturated heterocycles. The van der Waals surface area contributed by atoms with Gasteiger partial charge in [0.15, 0.2) is 6.61 Å². The van der Waals surface area contributed by atoms with Gasteiger partial charge in [0.05, 0.1) is 0 Å². The van der Waals surface area contributed by atoms with Gasteiger partial charge in [-0.3, -0.25) is 4.79 Å². The molecule has 3 rings (SSSR count). The summed E-state index contributed by atoms with van der Waals surface area (Å²) in [5, 5.41) is 5.25. The predicted molar refractivity (Wildman–Crippen MR) is 84.5 cm³/mol. The van der Waals surface area contributed by atoms with Crippen LogP contribution in [0.2, 0.25) is 0 Å². The first-order valence-electron chi connectivity index (χ1n) is 7.73. The van der Waals surface area contributed by atoms with Gasteiger partial charge in [0.2, 0.25) is 0 Å². The van der Waals surface area contributed by atoms with Crippen molar-refractivity contribution in [3.63, 3.8) is 0 Å². The summed E-state index contributed by atoms with van der Waals surface area (Å²) in [7, 11) is 0. The first kappa shape index (κ1) is 13.9. The fraction of sp³-hybridized carbons (Fsp3) is 0.389. The maximum atomic E-state index is 12.0. The number of carbonyl (C=O) groups excluding carboxylic acids is 1. The van der Waals surface area contributed by atoms with Gasteiger partial charge in [-0.05, 0) is 24.3 Å². The molecule has 1 aliphatic carbocycles. The van der Waals surface area contributed by atoms with E-state index in [0.717, 1.165) is 29.4 Å². The molecule has 0 aliphatic heterocycles. The normalized spacial score (nSPS) is 15.8. The summed E-state index contributed by atoms with van der Waals surface area (Å²) in [6, 6.07) is 14.3. The molecule has 0 spiro atoms. The predicted octanol–water partition coefficient (Wildman–Crippen LogP) is 3.67. The number of ether oxygens (including phenoxy) is 1. The van der Waals surface area contributed by atoms with E-state index in [2.05, 4.69) is 5.32 Å². The van der Waals surface area contributed by atoms with Crippen LogP contribution >= 0.6 is 0 Å². The van der Waals surface area contributed by atoms with Crippen LogP contribution in [0, 0.1) is 0 Å². The Labute approximate surface area is 125 Å². The second kappa shape index (κ2) is 6.61. The first-order valence-corrected chi connectivity index (χ1v) is 7.73. The second-order valence-electron chi connectivity index (χ2n) is 5.67. The third-order valence-electron chi connectivity index (χ3n) is 4.08. The molecule has 2 aromatic rings. The molecule has 110 valence electrons. The molecule has 0 bridgehead atoms. The number of carbonyl (C=O) groups is 1. The molecule has 21 heavy (non-hydrogen) atoms. The quantitative estimate of drug-likeness (QED) is 0.929. The average Bonchev–Trinajstić information content (AvgIpc) is 2.54. The molecule has 1 aliphatic rings.